The van der Waals surface area contributed by atoms with Gasteiger partial charge in [-0.1, -0.05) is 36.2 Å². The maximum atomic E-state index is 6.12. The summed E-state index contributed by atoms with van der Waals surface area (Å²) in [6.07, 6.45) is 0. The van der Waals surface area contributed by atoms with Crippen molar-refractivity contribution in [3.8, 4) is 0 Å². The molecule has 1 aromatic carbocycles. The van der Waals surface area contributed by atoms with Gasteiger partial charge >= 0.3 is 0 Å². The third-order valence-corrected chi connectivity index (χ3v) is 5.56. The van der Waals surface area contributed by atoms with E-state index in [4.69, 9.17) is 23.2 Å². The highest BCUT2D eigenvalue weighted by atomic mass is 79.9. The van der Waals surface area contributed by atoms with Crippen LogP contribution in [0, 0.1) is 6.92 Å². The van der Waals surface area contributed by atoms with Gasteiger partial charge in [0.1, 0.15) is 0 Å². The van der Waals surface area contributed by atoms with Crippen molar-refractivity contribution < 1.29 is 0 Å². The van der Waals surface area contributed by atoms with Crippen LogP contribution in [0.1, 0.15) is 28.3 Å². The fourth-order valence-corrected chi connectivity index (χ4v) is 4.25. The molecule has 1 unspecified atom stereocenters. The van der Waals surface area contributed by atoms with Crippen LogP contribution in [0.15, 0.2) is 28.7 Å². The van der Waals surface area contributed by atoms with E-state index in [0.29, 0.717) is 10.0 Å². The van der Waals surface area contributed by atoms with Crippen LogP contribution in [0.5, 0.6) is 0 Å². The van der Waals surface area contributed by atoms with E-state index in [9.17, 15) is 0 Å². The van der Waals surface area contributed by atoms with Crippen LogP contribution in [0.2, 0.25) is 10.0 Å². The van der Waals surface area contributed by atoms with Gasteiger partial charge in [0.05, 0.1) is 16.1 Å². The van der Waals surface area contributed by atoms with Gasteiger partial charge in [-0.15, -0.1) is 11.3 Å². The maximum absolute atomic E-state index is 6.12. The number of halogens is 3. The molecule has 1 aromatic heterocycles. The highest BCUT2D eigenvalue weighted by Crippen LogP contribution is 2.37. The molecule has 1 N–H and O–H groups in total. The summed E-state index contributed by atoms with van der Waals surface area (Å²) in [7, 11) is 0. The van der Waals surface area contributed by atoms with Gasteiger partial charge in [0.25, 0.3) is 0 Å². The van der Waals surface area contributed by atoms with Crippen LogP contribution in [0.25, 0.3) is 0 Å². The van der Waals surface area contributed by atoms with Crippen molar-refractivity contribution in [3.05, 3.63) is 54.1 Å². The summed E-state index contributed by atoms with van der Waals surface area (Å²) >= 11 is 17.5. The molecule has 102 valence electrons. The zero-order valence-electron chi connectivity index (χ0n) is 10.6. The summed E-state index contributed by atoms with van der Waals surface area (Å²) in [4.78, 5) is 2.54. The minimum atomic E-state index is 0.132. The number of benzene rings is 1. The standard InChI is InChI=1S/C14H14BrCl2NS/c1-3-18-13(14-10(15)6-8(2)19-14)9-4-5-11(16)12(17)7-9/h4-7,13,18H,3H2,1-2H3. The van der Waals surface area contributed by atoms with E-state index >= 15 is 0 Å². The number of thiophene rings is 1. The van der Waals surface area contributed by atoms with Crippen molar-refractivity contribution in [2.45, 2.75) is 19.9 Å². The molecule has 1 heterocycles. The molecule has 0 radical (unpaired) electrons. The number of rotatable bonds is 4. The van der Waals surface area contributed by atoms with Crippen molar-refractivity contribution in [1.29, 1.82) is 0 Å². The molecule has 0 aliphatic heterocycles. The van der Waals surface area contributed by atoms with Gasteiger partial charge in [-0.05, 0) is 53.2 Å². The molecule has 0 saturated heterocycles. The van der Waals surface area contributed by atoms with E-state index in [2.05, 4.69) is 41.2 Å². The van der Waals surface area contributed by atoms with Crippen LogP contribution >= 0.6 is 50.5 Å². The average molecular weight is 379 g/mol. The molecular formula is C14H14BrCl2NS. The Labute approximate surface area is 136 Å². The first-order chi connectivity index (χ1) is 9.02. The topological polar surface area (TPSA) is 12.0 Å². The molecule has 0 aliphatic rings. The minimum Gasteiger partial charge on any atom is -0.306 e. The Hall–Kier alpha value is -0.0600. The Morgan fingerprint density at radius 2 is 2.00 bits per heavy atom. The first-order valence-corrected chi connectivity index (χ1v) is 8.33. The fourth-order valence-electron chi connectivity index (χ4n) is 1.96. The summed E-state index contributed by atoms with van der Waals surface area (Å²) < 4.78 is 1.13. The van der Waals surface area contributed by atoms with Crippen LogP contribution in [-0.4, -0.2) is 6.54 Å². The van der Waals surface area contributed by atoms with E-state index in [1.807, 2.05) is 18.2 Å². The summed E-state index contributed by atoms with van der Waals surface area (Å²) in [5.74, 6) is 0. The Morgan fingerprint density at radius 1 is 1.26 bits per heavy atom. The Balaban J connectivity index is 2.44. The van der Waals surface area contributed by atoms with Crippen molar-refractivity contribution in [2.24, 2.45) is 0 Å². The molecule has 0 fully saturated rings. The SMILES string of the molecule is CCNC(c1ccc(Cl)c(Cl)c1)c1sc(C)cc1Br. The van der Waals surface area contributed by atoms with E-state index in [-0.39, 0.29) is 6.04 Å². The number of nitrogens with one attached hydrogen (secondary N) is 1. The summed E-state index contributed by atoms with van der Waals surface area (Å²) in [6, 6.07) is 8.06. The second kappa shape index (κ2) is 6.59. The summed E-state index contributed by atoms with van der Waals surface area (Å²) in [5.41, 5.74) is 1.12. The summed E-state index contributed by atoms with van der Waals surface area (Å²) in [5, 5.41) is 4.67. The van der Waals surface area contributed by atoms with Gasteiger partial charge in [0.15, 0.2) is 0 Å². The van der Waals surface area contributed by atoms with Crippen LogP contribution in [0.3, 0.4) is 0 Å². The first kappa shape index (κ1) is 15.3. The van der Waals surface area contributed by atoms with Gasteiger partial charge in [0.2, 0.25) is 0 Å². The maximum Gasteiger partial charge on any atom is 0.0683 e. The molecule has 2 rings (SSSR count). The second-order valence-corrected chi connectivity index (χ2v) is 7.19. The largest absolute Gasteiger partial charge is 0.306 e. The van der Waals surface area contributed by atoms with E-state index in [0.717, 1.165) is 16.6 Å². The normalized spacial score (nSPS) is 12.7. The molecule has 2 aromatic rings. The van der Waals surface area contributed by atoms with Crippen LogP contribution in [-0.2, 0) is 0 Å². The van der Waals surface area contributed by atoms with E-state index < -0.39 is 0 Å². The van der Waals surface area contributed by atoms with E-state index in [1.165, 1.54) is 9.75 Å². The molecule has 0 spiro atoms. The summed E-state index contributed by atoms with van der Waals surface area (Å²) in [6.45, 7) is 5.09. The second-order valence-electron chi connectivity index (χ2n) is 4.23. The quantitative estimate of drug-likeness (QED) is 0.706. The third kappa shape index (κ3) is 3.53. The molecule has 0 amide bonds. The van der Waals surface area contributed by atoms with Crippen LogP contribution in [0.4, 0.5) is 0 Å². The van der Waals surface area contributed by atoms with Crippen molar-refractivity contribution >= 4 is 50.5 Å². The predicted molar refractivity (Wildman–Crippen MR) is 88.7 cm³/mol. The van der Waals surface area contributed by atoms with E-state index in [1.54, 1.807) is 11.3 Å². The number of aryl methyl sites for hydroxylation is 1. The lowest BCUT2D eigenvalue weighted by atomic mass is 10.1. The number of hydrogen-bond acceptors (Lipinski definition) is 2. The predicted octanol–water partition coefficient (Wildman–Crippen LogP) is 5.82. The third-order valence-electron chi connectivity index (χ3n) is 2.78. The van der Waals surface area contributed by atoms with Gasteiger partial charge in [0, 0.05) is 14.2 Å². The first-order valence-electron chi connectivity index (χ1n) is 5.97. The molecule has 0 aliphatic carbocycles. The van der Waals surface area contributed by atoms with Gasteiger partial charge in [-0.25, -0.2) is 0 Å². The molecule has 1 atom stereocenters. The number of hydrogen-bond donors (Lipinski definition) is 1. The molecule has 19 heavy (non-hydrogen) atoms. The lowest BCUT2D eigenvalue weighted by Gasteiger charge is -2.18. The zero-order chi connectivity index (χ0) is 14.0. The smallest absolute Gasteiger partial charge is 0.0683 e. The molecular weight excluding hydrogens is 365 g/mol. The monoisotopic (exact) mass is 377 g/mol. The van der Waals surface area contributed by atoms with Gasteiger partial charge in [-0.3, -0.25) is 0 Å². The molecule has 1 nitrogen and oxygen atoms in total. The Bertz CT molecular complexity index is 583. The molecule has 5 heteroatoms. The zero-order valence-corrected chi connectivity index (χ0v) is 14.6. The van der Waals surface area contributed by atoms with Gasteiger partial charge < -0.3 is 5.32 Å². The van der Waals surface area contributed by atoms with Crippen molar-refractivity contribution in [1.82, 2.24) is 5.32 Å². The lowest BCUT2D eigenvalue weighted by Crippen LogP contribution is -2.21. The molecule has 0 saturated carbocycles. The highest BCUT2D eigenvalue weighted by molar-refractivity contribution is 9.10. The minimum absolute atomic E-state index is 0.132. The van der Waals surface area contributed by atoms with Crippen LogP contribution < -0.4 is 5.32 Å². The lowest BCUT2D eigenvalue weighted by molar-refractivity contribution is 0.638. The Morgan fingerprint density at radius 3 is 2.53 bits per heavy atom. The fraction of sp³-hybridized carbons (Fsp3) is 0.286. The van der Waals surface area contributed by atoms with Gasteiger partial charge in [-0.2, -0.15) is 0 Å². The Kier molecular flexibility index (Phi) is 5.32. The van der Waals surface area contributed by atoms with Crippen molar-refractivity contribution in [2.75, 3.05) is 6.54 Å². The van der Waals surface area contributed by atoms with Crippen molar-refractivity contribution in [3.63, 3.8) is 0 Å². The average Bonchev–Trinajstić information content (AvgIpc) is 2.69. The molecule has 0 bridgehead atoms. The highest BCUT2D eigenvalue weighted by Gasteiger charge is 2.19.